The van der Waals surface area contributed by atoms with Gasteiger partial charge in [0.2, 0.25) is 11.8 Å². The van der Waals surface area contributed by atoms with Crippen LogP contribution in [0.5, 0.6) is 0 Å². The van der Waals surface area contributed by atoms with Crippen LogP contribution in [0.15, 0.2) is 60.7 Å². The standard InChI is InChI=1S/C22H22N2O5/c25-19(11-12-21(27)28)23(14-13-16-7-3-1-4-8-16)18-15-20(26)24(22(18)29)17-9-5-2-6-10-17/h1-10,18H,11-15H2,(H,27,28)/t18-/m0/s1. The van der Waals surface area contributed by atoms with Gasteiger partial charge >= 0.3 is 5.97 Å². The van der Waals surface area contributed by atoms with Crippen LogP contribution in [0.2, 0.25) is 0 Å². The molecule has 2 aromatic carbocycles. The van der Waals surface area contributed by atoms with E-state index < -0.39 is 23.8 Å². The van der Waals surface area contributed by atoms with Crippen LogP contribution in [-0.2, 0) is 25.6 Å². The molecule has 0 radical (unpaired) electrons. The molecule has 0 spiro atoms. The van der Waals surface area contributed by atoms with E-state index in [1.165, 1.54) is 4.90 Å². The minimum absolute atomic E-state index is 0.110. The summed E-state index contributed by atoms with van der Waals surface area (Å²) in [6.45, 7) is 0.231. The Morgan fingerprint density at radius 3 is 2.21 bits per heavy atom. The lowest BCUT2D eigenvalue weighted by molar-refractivity contribution is -0.143. The number of carboxylic acids is 1. The fourth-order valence-electron chi connectivity index (χ4n) is 3.41. The van der Waals surface area contributed by atoms with Gasteiger partial charge in [-0.25, -0.2) is 4.90 Å². The van der Waals surface area contributed by atoms with Crippen molar-refractivity contribution in [3.8, 4) is 0 Å². The van der Waals surface area contributed by atoms with Crippen molar-refractivity contribution in [3.05, 3.63) is 66.2 Å². The lowest BCUT2D eigenvalue weighted by Crippen LogP contribution is -2.46. The highest BCUT2D eigenvalue weighted by atomic mass is 16.4. The van der Waals surface area contributed by atoms with Crippen LogP contribution in [-0.4, -0.2) is 46.3 Å². The number of nitrogens with zero attached hydrogens (tertiary/aromatic N) is 2. The molecule has 2 aromatic rings. The first kappa shape index (κ1) is 20.3. The zero-order valence-corrected chi connectivity index (χ0v) is 15.9. The highest BCUT2D eigenvalue weighted by molar-refractivity contribution is 6.23. The number of carbonyl (C=O) groups is 4. The summed E-state index contributed by atoms with van der Waals surface area (Å²) in [6.07, 6.45) is -0.143. The molecule has 1 aliphatic heterocycles. The summed E-state index contributed by atoms with van der Waals surface area (Å²) in [6, 6.07) is 17.1. The van der Waals surface area contributed by atoms with Crippen molar-refractivity contribution < 1.29 is 24.3 Å². The van der Waals surface area contributed by atoms with Crippen molar-refractivity contribution in [2.75, 3.05) is 11.4 Å². The Morgan fingerprint density at radius 1 is 0.966 bits per heavy atom. The van der Waals surface area contributed by atoms with E-state index in [-0.39, 0.29) is 31.7 Å². The Hall–Kier alpha value is -3.48. The maximum absolute atomic E-state index is 13.0. The molecular formula is C22H22N2O5. The molecule has 150 valence electrons. The predicted molar refractivity (Wildman–Crippen MR) is 106 cm³/mol. The number of amides is 3. The van der Waals surface area contributed by atoms with Crippen molar-refractivity contribution in [3.63, 3.8) is 0 Å². The summed E-state index contributed by atoms with van der Waals surface area (Å²) in [7, 11) is 0. The zero-order chi connectivity index (χ0) is 20.8. The summed E-state index contributed by atoms with van der Waals surface area (Å²) in [5.74, 6) is -2.36. The molecule has 1 fully saturated rings. The third-order valence-corrected chi connectivity index (χ3v) is 4.87. The van der Waals surface area contributed by atoms with Crippen LogP contribution in [0.4, 0.5) is 5.69 Å². The first-order valence-corrected chi connectivity index (χ1v) is 9.44. The van der Waals surface area contributed by atoms with Crippen LogP contribution in [0.1, 0.15) is 24.8 Å². The number of hydrogen-bond acceptors (Lipinski definition) is 4. The predicted octanol–water partition coefficient (Wildman–Crippen LogP) is 2.25. The molecule has 7 heteroatoms. The average molecular weight is 394 g/mol. The first-order valence-electron chi connectivity index (χ1n) is 9.44. The molecule has 1 N–H and O–H groups in total. The smallest absolute Gasteiger partial charge is 0.303 e. The monoisotopic (exact) mass is 394 g/mol. The van der Waals surface area contributed by atoms with E-state index in [4.69, 9.17) is 5.11 Å². The summed E-state index contributed by atoms with van der Waals surface area (Å²) in [5.41, 5.74) is 1.45. The van der Waals surface area contributed by atoms with Gasteiger partial charge in [0.15, 0.2) is 0 Å². The number of hydrogen-bond donors (Lipinski definition) is 1. The fraction of sp³-hybridized carbons (Fsp3) is 0.273. The molecule has 1 saturated heterocycles. The quantitative estimate of drug-likeness (QED) is 0.693. The minimum atomic E-state index is -1.08. The van der Waals surface area contributed by atoms with Crippen LogP contribution < -0.4 is 4.90 Å². The van der Waals surface area contributed by atoms with E-state index in [0.717, 1.165) is 10.5 Å². The maximum Gasteiger partial charge on any atom is 0.303 e. The van der Waals surface area contributed by atoms with Gasteiger partial charge in [-0.3, -0.25) is 19.2 Å². The van der Waals surface area contributed by atoms with Gasteiger partial charge in [-0.15, -0.1) is 0 Å². The molecule has 0 unspecified atom stereocenters. The molecule has 0 aromatic heterocycles. The molecule has 29 heavy (non-hydrogen) atoms. The van der Waals surface area contributed by atoms with Crippen LogP contribution in [0.25, 0.3) is 0 Å². The van der Waals surface area contributed by atoms with E-state index in [1.807, 2.05) is 30.3 Å². The number of aliphatic carboxylic acids is 1. The molecule has 0 bridgehead atoms. The third-order valence-electron chi connectivity index (χ3n) is 4.87. The molecule has 3 amide bonds. The van der Waals surface area contributed by atoms with Crippen LogP contribution in [0.3, 0.4) is 0 Å². The fourth-order valence-corrected chi connectivity index (χ4v) is 3.41. The molecule has 0 aliphatic carbocycles. The highest BCUT2D eigenvalue weighted by Gasteiger charge is 2.44. The number of imide groups is 1. The topological polar surface area (TPSA) is 95.0 Å². The SMILES string of the molecule is O=C(O)CCC(=O)N(CCc1ccccc1)[C@H]1CC(=O)N(c2ccccc2)C1=O. The molecule has 3 rings (SSSR count). The second-order valence-corrected chi connectivity index (χ2v) is 6.84. The van der Waals surface area contributed by atoms with Crippen molar-refractivity contribution in [1.82, 2.24) is 4.90 Å². The summed E-state index contributed by atoms with van der Waals surface area (Å²) < 4.78 is 0. The van der Waals surface area contributed by atoms with Gasteiger partial charge < -0.3 is 10.0 Å². The second kappa shape index (κ2) is 9.14. The number of benzene rings is 2. The Balaban J connectivity index is 1.80. The molecule has 7 nitrogen and oxygen atoms in total. The molecule has 1 heterocycles. The molecule has 0 saturated carbocycles. The van der Waals surface area contributed by atoms with Gasteiger partial charge in [-0.05, 0) is 24.1 Å². The number of carboxylic acid groups (broad SMARTS) is 1. The van der Waals surface area contributed by atoms with Crippen molar-refractivity contribution in [2.45, 2.75) is 31.7 Å². The lowest BCUT2D eigenvalue weighted by atomic mass is 10.1. The van der Waals surface area contributed by atoms with Gasteiger partial charge in [0.05, 0.1) is 18.5 Å². The summed E-state index contributed by atoms with van der Waals surface area (Å²) in [5, 5.41) is 8.90. The largest absolute Gasteiger partial charge is 0.481 e. The Kier molecular flexibility index (Phi) is 6.39. The average Bonchev–Trinajstić information content (AvgIpc) is 3.02. The van der Waals surface area contributed by atoms with Gasteiger partial charge in [0.25, 0.3) is 5.91 Å². The van der Waals surface area contributed by atoms with E-state index in [9.17, 15) is 19.2 Å². The third kappa shape index (κ3) is 4.87. The number of carbonyl (C=O) groups excluding carboxylic acids is 3. The minimum Gasteiger partial charge on any atom is -0.481 e. The van der Waals surface area contributed by atoms with Gasteiger partial charge in [0, 0.05) is 13.0 Å². The Morgan fingerprint density at radius 2 is 1.59 bits per heavy atom. The first-order chi connectivity index (χ1) is 14.0. The lowest BCUT2D eigenvalue weighted by Gasteiger charge is -2.27. The van der Waals surface area contributed by atoms with E-state index in [1.54, 1.807) is 30.3 Å². The van der Waals surface area contributed by atoms with Crippen LogP contribution >= 0.6 is 0 Å². The van der Waals surface area contributed by atoms with Gasteiger partial charge in [-0.1, -0.05) is 48.5 Å². The number of anilines is 1. The van der Waals surface area contributed by atoms with Gasteiger partial charge in [-0.2, -0.15) is 0 Å². The zero-order valence-electron chi connectivity index (χ0n) is 15.9. The normalized spacial score (nSPS) is 16.1. The summed E-state index contributed by atoms with van der Waals surface area (Å²) in [4.78, 5) is 51.6. The Bertz CT molecular complexity index is 898. The van der Waals surface area contributed by atoms with Crippen molar-refractivity contribution >= 4 is 29.4 Å². The molecule has 1 aliphatic rings. The highest BCUT2D eigenvalue weighted by Crippen LogP contribution is 2.26. The van der Waals surface area contributed by atoms with Gasteiger partial charge in [0.1, 0.15) is 6.04 Å². The van der Waals surface area contributed by atoms with E-state index >= 15 is 0 Å². The number of para-hydroxylation sites is 1. The number of rotatable bonds is 8. The summed E-state index contributed by atoms with van der Waals surface area (Å²) >= 11 is 0. The second-order valence-electron chi connectivity index (χ2n) is 6.84. The Labute approximate surface area is 168 Å². The molecular weight excluding hydrogens is 372 g/mol. The van der Waals surface area contributed by atoms with E-state index in [2.05, 4.69) is 0 Å². The maximum atomic E-state index is 13.0. The van der Waals surface area contributed by atoms with Crippen molar-refractivity contribution in [1.29, 1.82) is 0 Å². The van der Waals surface area contributed by atoms with Crippen molar-refractivity contribution in [2.24, 2.45) is 0 Å². The van der Waals surface area contributed by atoms with E-state index in [0.29, 0.717) is 12.1 Å². The van der Waals surface area contributed by atoms with Crippen LogP contribution in [0, 0.1) is 0 Å². The molecule has 1 atom stereocenters.